The van der Waals surface area contributed by atoms with Gasteiger partial charge in [0.25, 0.3) is 0 Å². The molecule has 9 heteroatoms. The van der Waals surface area contributed by atoms with E-state index < -0.39 is 15.3 Å². The summed E-state index contributed by atoms with van der Waals surface area (Å²) in [6.45, 7) is 2.02. The van der Waals surface area contributed by atoms with Crippen molar-refractivity contribution in [3.63, 3.8) is 0 Å². The van der Waals surface area contributed by atoms with Crippen molar-refractivity contribution in [2.75, 3.05) is 11.9 Å². The molecular weight excluding hydrogens is 444 g/mol. The van der Waals surface area contributed by atoms with Crippen LogP contribution >= 0.6 is 11.8 Å². The number of carbonyl (C=O) groups is 1. The van der Waals surface area contributed by atoms with Gasteiger partial charge in [-0.3, -0.25) is 4.79 Å². The largest absolute Gasteiger partial charge is 0.333 e. The van der Waals surface area contributed by atoms with Crippen LogP contribution in [-0.2, 0) is 14.8 Å². The maximum Gasteiger partial charge on any atom is 0.242 e. The van der Waals surface area contributed by atoms with E-state index in [0.717, 1.165) is 16.6 Å². The van der Waals surface area contributed by atoms with Gasteiger partial charge in [0.1, 0.15) is 5.25 Å². The van der Waals surface area contributed by atoms with Crippen molar-refractivity contribution in [1.82, 2.24) is 14.7 Å². The molecule has 0 spiro atoms. The first-order valence-electron chi connectivity index (χ1n) is 10.0. The highest BCUT2D eigenvalue weighted by Crippen LogP contribution is 2.35. The summed E-state index contributed by atoms with van der Waals surface area (Å²) in [6, 6.07) is 23.2. The number of anilines is 1. The number of hydrogen-bond acceptors (Lipinski definition) is 5. The van der Waals surface area contributed by atoms with Gasteiger partial charge in [-0.15, -0.1) is 0 Å². The van der Waals surface area contributed by atoms with Gasteiger partial charge in [0.05, 0.1) is 15.9 Å². The van der Waals surface area contributed by atoms with Gasteiger partial charge in [-0.05, 0) is 42.0 Å². The van der Waals surface area contributed by atoms with E-state index in [2.05, 4.69) is 20.0 Å². The van der Waals surface area contributed by atoms with Crippen LogP contribution in [-0.4, -0.2) is 30.8 Å². The van der Waals surface area contributed by atoms with E-state index in [1.165, 1.54) is 23.9 Å². The highest BCUT2D eigenvalue weighted by Gasteiger charge is 2.24. The van der Waals surface area contributed by atoms with E-state index in [-0.39, 0.29) is 10.8 Å². The van der Waals surface area contributed by atoms with Crippen LogP contribution in [0.2, 0.25) is 0 Å². The molecule has 1 amide bonds. The minimum atomic E-state index is -3.55. The summed E-state index contributed by atoms with van der Waals surface area (Å²) in [6.07, 6.45) is 0. The Balaban J connectivity index is 1.57. The molecule has 4 aromatic rings. The topological polar surface area (TPSA) is 104 Å². The number of imidazole rings is 1. The van der Waals surface area contributed by atoms with E-state index >= 15 is 0 Å². The molecule has 1 heterocycles. The molecule has 0 aliphatic carbocycles. The Morgan fingerprint density at radius 3 is 2.38 bits per heavy atom. The standard InChI is InChI=1S/C23H22N4O3S2/c1-2-24-32(29,30)18-14-12-17(13-15-18)25-22(28)21(16-8-4-3-5-9-16)31-23-26-19-10-6-7-11-20(19)27-23/h3-15,21,24H,2H2,1H3,(H,25,28)(H,26,27). The second kappa shape index (κ2) is 9.56. The number of benzene rings is 3. The summed E-state index contributed by atoms with van der Waals surface area (Å²) < 4.78 is 26.7. The van der Waals surface area contributed by atoms with Crippen molar-refractivity contribution in [2.24, 2.45) is 0 Å². The summed E-state index contributed by atoms with van der Waals surface area (Å²) in [5.74, 6) is -0.232. The molecule has 7 nitrogen and oxygen atoms in total. The number of carbonyl (C=O) groups excluding carboxylic acids is 1. The predicted molar refractivity (Wildman–Crippen MR) is 127 cm³/mol. The van der Waals surface area contributed by atoms with Crippen LogP contribution < -0.4 is 10.0 Å². The lowest BCUT2D eigenvalue weighted by Gasteiger charge is -2.16. The van der Waals surface area contributed by atoms with Gasteiger partial charge in [-0.1, -0.05) is 61.2 Å². The van der Waals surface area contributed by atoms with Gasteiger partial charge in [0, 0.05) is 12.2 Å². The van der Waals surface area contributed by atoms with Gasteiger partial charge in [-0.25, -0.2) is 18.1 Å². The molecule has 3 aromatic carbocycles. The van der Waals surface area contributed by atoms with Gasteiger partial charge < -0.3 is 10.3 Å². The third-order valence-electron chi connectivity index (χ3n) is 4.70. The third kappa shape index (κ3) is 5.01. The maximum atomic E-state index is 13.2. The number of nitrogens with one attached hydrogen (secondary N) is 3. The quantitative estimate of drug-likeness (QED) is 0.335. The first-order valence-corrected chi connectivity index (χ1v) is 12.4. The second-order valence-electron chi connectivity index (χ2n) is 6.98. The highest BCUT2D eigenvalue weighted by molar-refractivity contribution is 8.00. The summed E-state index contributed by atoms with van der Waals surface area (Å²) in [4.78, 5) is 21.2. The van der Waals surface area contributed by atoms with Crippen molar-refractivity contribution in [3.05, 3.63) is 84.4 Å². The third-order valence-corrected chi connectivity index (χ3v) is 7.40. The summed E-state index contributed by atoms with van der Waals surface area (Å²) >= 11 is 1.32. The Hall–Kier alpha value is -3.14. The number of para-hydroxylation sites is 2. The Morgan fingerprint density at radius 2 is 1.69 bits per heavy atom. The van der Waals surface area contributed by atoms with Crippen molar-refractivity contribution < 1.29 is 13.2 Å². The number of aromatic amines is 1. The molecule has 1 aromatic heterocycles. The minimum absolute atomic E-state index is 0.147. The fraction of sp³-hybridized carbons (Fsp3) is 0.130. The molecule has 0 aliphatic heterocycles. The van der Waals surface area contributed by atoms with Gasteiger partial charge in [-0.2, -0.15) is 0 Å². The number of hydrogen-bond donors (Lipinski definition) is 3. The molecule has 0 aliphatic rings. The average molecular weight is 467 g/mol. The van der Waals surface area contributed by atoms with Crippen molar-refractivity contribution in [3.8, 4) is 0 Å². The molecule has 0 saturated carbocycles. The summed E-state index contributed by atoms with van der Waals surface area (Å²) in [7, 11) is -3.55. The molecule has 164 valence electrons. The Bertz CT molecular complexity index is 1290. The van der Waals surface area contributed by atoms with Gasteiger partial charge in [0.15, 0.2) is 5.16 Å². The van der Waals surface area contributed by atoms with Crippen LogP contribution in [0.4, 0.5) is 5.69 Å². The SMILES string of the molecule is CCNS(=O)(=O)c1ccc(NC(=O)C(Sc2nc3ccccc3[nH]2)c2ccccc2)cc1. The predicted octanol–water partition coefficient (Wildman–Crippen LogP) is 4.33. The zero-order valence-corrected chi connectivity index (χ0v) is 18.9. The Labute approximate surface area is 190 Å². The lowest BCUT2D eigenvalue weighted by Crippen LogP contribution is -2.23. The van der Waals surface area contributed by atoms with Gasteiger partial charge in [0.2, 0.25) is 15.9 Å². The van der Waals surface area contributed by atoms with Crippen LogP contribution in [0, 0.1) is 0 Å². The van der Waals surface area contributed by atoms with Crippen molar-refractivity contribution in [1.29, 1.82) is 0 Å². The highest BCUT2D eigenvalue weighted by atomic mass is 32.2. The second-order valence-corrected chi connectivity index (χ2v) is 9.84. The molecule has 0 saturated heterocycles. The smallest absolute Gasteiger partial charge is 0.242 e. The molecule has 0 bridgehead atoms. The van der Waals surface area contributed by atoms with E-state index in [1.807, 2.05) is 54.6 Å². The summed E-state index contributed by atoms with van der Waals surface area (Å²) in [5, 5.41) is 2.98. The van der Waals surface area contributed by atoms with Crippen LogP contribution in [0.15, 0.2) is 88.9 Å². The molecule has 4 rings (SSSR count). The number of aromatic nitrogens is 2. The van der Waals surface area contributed by atoms with E-state index in [9.17, 15) is 13.2 Å². The first-order chi connectivity index (χ1) is 15.5. The Morgan fingerprint density at radius 1 is 1.00 bits per heavy atom. The van der Waals surface area contributed by atoms with Crippen LogP contribution in [0.1, 0.15) is 17.7 Å². The average Bonchev–Trinajstić information content (AvgIpc) is 3.21. The van der Waals surface area contributed by atoms with Crippen molar-refractivity contribution in [2.45, 2.75) is 22.2 Å². The molecule has 1 atom stereocenters. The molecule has 1 unspecified atom stereocenters. The fourth-order valence-electron chi connectivity index (χ4n) is 3.20. The Kier molecular flexibility index (Phi) is 6.59. The van der Waals surface area contributed by atoms with Crippen LogP contribution in [0.5, 0.6) is 0 Å². The number of thioether (sulfide) groups is 1. The van der Waals surface area contributed by atoms with E-state index in [0.29, 0.717) is 17.4 Å². The van der Waals surface area contributed by atoms with E-state index in [1.54, 1.807) is 19.1 Å². The number of H-pyrrole nitrogens is 1. The number of rotatable bonds is 8. The molecule has 32 heavy (non-hydrogen) atoms. The fourth-order valence-corrected chi connectivity index (χ4v) is 5.24. The molecular formula is C23H22N4O3S2. The lowest BCUT2D eigenvalue weighted by atomic mass is 10.1. The molecule has 3 N–H and O–H groups in total. The monoisotopic (exact) mass is 466 g/mol. The maximum absolute atomic E-state index is 13.2. The lowest BCUT2D eigenvalue weighted by molar-refractivity contribution is -0.115. The first kappa shape index (κ1) is 22.1. The van der Waals surface area contributed by atoms with Crippen LogP contribution in [0.3, 0.4) is 0 Å². The number of nitrogens with zero attached hydrogens (tertiary/aromatic N) is 1. The van der Waals surface area contributed by atoms with E-state index in [4.69, 9.17) is 0 Å². The summed E-state index contributed by atoms with van der Waals surface area (Å²) in [5.41, 5.74) is 3.08. The van der Waals surface area contributed by atoms with Gasteiger partial charge >= 0.3 is 0 Å². The molecule has 0 fully saturated rings. The number of sulfonamides is 1. The minimum Gasteiger partial charge on any atom is -0.333 e. The normalized spacial score (nSPS) is 12.5. The number of fused-ring (bicyclic) bond motifs is 1. The number of amides is 1. The van der Waals surface area contributed by atoms with Crippen LogP contribution in [0.25, 0.3) is 11.0 Å². The molecule has 0 radical (unpaired) electrons. The zero-order valence-electron chi connectivity index (χ0n) is 17.3. The zero-order chi connectivity index (χ0) is 22.6. The van der Waals surface area contributed by atoms with Crippen molar-refractivity contribution >= 4 is 44.4 Å².